The minimum atomic E-state index is 0.235. The molecule has 0 unspecified atom stereocenters. The number of anilines is 1. The third-order valence-corrected chi connectivity index (χ3v) is 4.58. The highest BCUT2D eigenvalue weighted by molar-refractivity contribution is 6.02. The van der Waals surface area contributed by atoms with Crippen molar-refractivity contribution in [1.29, 1.82) is 0 Å². The first-order valence-electron chi connectivity index (χ1n) is 9.74. The largest absolute Gasteiger partial charge is 0.437 e. The average Bonchev–Trinajstić information content (AvgIpc) is 3.13. The van der Waals surface area contributed by atoms with Gasteiger partial charge in [0, 0.05) is 24.3 Å². The van der Waals surface area contributed by atoms with Crippen LogP contribution in [0.1, 0.15) is 38.7 Å². The molecule has 3 rings (SSSR count). The second-order valence-electron chi connectivity index (χ2n) is 6.66. The number of nitrogens with one attached hydrogen (secondary N) is 1. The number of benzene rings is 1. The first-order chi connectivity index (χ1) is 13.8. The van der Waals surface area contributed by atoms with Crippen LogP contribution in [0.2, 0.25) is 0 Å². The van der Waals surface area contributed by atoms with Gasteiger partial charge in [0.15, 0.2) is 0 Å². The van der Waals surface area contributed by atoms with E-state index >= 15 is 0 Å². The molecule has 3 aromatic rings. The van der Waals surface area contributed by atoms with Gasteiger partial charge in [-0.2, -0.15) is 0 Å². The Morgan fingerprint density at radius 1 is 1.14 bits per heavy atom. The predicted octanol–water partition coefficient (Wildman–Crippen LogP) is 5.44. The fourth-order valence-corrected chi connectivity index (χ4v) is 3.18. The molecule has 0 atom stereocenters. The number of fused-ring (bicyclic) bond motifs is 1. The molecule has 146 valence electrons. The SMILES string of the molecule is C/C=C\C=C(/C)c1c(-c2ccccc2)oc2ncnc(NCCCCCO)c12. The smallest absolute Gasteiger partial charge is 0.232 e. The van der Waals surface area contributed by atoms with Gasteiger partial charge in [-0.3, -0.25) is 0 Å². The Kier molecular flexibility index (Phi) is 6.98. The van der Waals surface area contributed by atoms with Crippen LogP contribution in [0.5, 0.6) is 0 Å². The minimum absolute atomic E-state index is 0.235. The van der Waals surface area contributed by atoms with E-state index in [-0.39, 0.29) is 6.61 Å². The molecule has 0 spiro atoms. The van der Waals surface area contributed by atoms with Gasteiger partial charge < -0.3 is 14.8 Å². The van der Waals surface area contributed by atoms with E-state index in [9.17, 15) is 0 Å². The summed E-state index contributed by atoms with van der Waals surface area (Å²) in [6.07, 6.45) is 10.4. The van der Waals surface area contributed by atoms with Gasteiger partial charge in [0.2, 0.25) is 5.71 Å². The van der Waals surface area contributed by atoms with E-state index in [0.29, 0.717) is 5.71 Å². The van der Waals surface area contributed by atoms with E-state index < -0.39 is 0 Å². The second-order valence-corrected chi connectivity index (χ2v) is 6.66. The van der Waals surface area contributed by atoms with Gasteiger partial charge in [-0.25, -0.2) is 9.97 Å². The molecule has 2 heterocycles. The third kappa shape index (κ3) is 4.49. The van der Waals surface area contributed by atoms with Gasteiger partial charge in [0.1, 0.15) is 17.9 Å². The summed E-state index contributed by atoms with van der Waals surface area (Å²) in [4.78, 5) is 8.85. The lowest BCUT2D eigenvalue weighted by molar-refractivity contribution is 0.283. The number of aromatic nitrogens is 2. The first-order valence-corrected chi connectivity index (χ1v) is 9.74. The van der Waals surface area contributed by atoms with E-state index in [1.807, 2.05) is 49.4 Å². The zero-order valence-corrected chi connectivity index (χ0v) is 16.5. The number of furan rings is 1. The zero-order valence-electron chi connectivity index (χ0n) is 16.5. The standard InChI is InChI=1S/C23H27N3O2/c1-3-4-11-17(2)19-20-22(24-14-9-6-10-15-27)25-16-26-23(20)28-21(19)18-12-7-5-8-13-18/h3-5,7-8,11-13,16,27H,6,9-10,14-15H2,1-2H3,(H,24,25,26)/b4-3-,17-11+. The van der Waals surface area contributed by atoms with Crippen LogP contribution in [-0.2, 0) is 0 Å². The van der Waals surface area contributed by atoms with E-state index in [1.54, 1.807) is 0 Å². The topological polar surface area (TPSA) is 71.2 Å². The molecule has 0 fully saturated rings. The van der Waals surface area contributed by atoms with Gasteiger partial charge >= 0.3 is 0 Å². The van der Waals surface area contributed by atoms with Crippen molar-refractivity contribution in [2.24, 2.45) is 0 Å². The molecule has 0 aliphatic heterocycles. The van der Waals surface area contributed by atoms with Crippen LogP contribution >= 0.6 is 0 Å². The van der Waals surface area contributed by atoms with Gasteiger partial charge in [0.05, 0.1) is 5.39 Å². The monoisotopic (exact) mass is 377 g/mol. The molecular formula is C23H27N3O2. The van der Waals surface area contributed by atoms with Gasteiger partial charge in [-0.1, -0.05) is 48.6 Å². The molecular weight excluding hydrogens is 350 g/mol. The van der Waals surface area contributed by atoms with Crippen molar-refractivity contribution < 1.29 is 9.52 Å². The fraction of sp³-hybridized carbons (Fsp3) is 0.304. The minimum Gasteiger partial charge on any atom is -0.437 e. The normalized spacial score (nSPS) is 12.2. The van der Waals surface area contributed by atoms with E-state index in [2.05, 4.69) is 28.3 Å². The molecule has 2 N–H and O–H groups in total. The molecule has 2 aromatic heterocycles. The predicted molar refractivity (Wildman–Crippen MR) is 115 cm³/mol. The number of allylic oxidation sites excluding steroid dienone is 4. The van der Waals surface area contributed by atoms with Crippen LogP contribution in [0.25, 0.3) is 28.0 Å². The average molecular weight is 377 g/mol. The number of hydrogen-bond donors (Lipinski definition) is 2. The van der Waals surface area contributed by atoms with Crippen molar-refractivity contribution in [2.75, 3.05) is 18.5 Å². The number of hydrogen-bond acceptors (Lipinski definition) is 5. The van der Waals surface area contributed by atoms with Crippen LogP contribution in [0.4, 0.5) is 5.82 Å². The molecule has 0 saturated carbocycles. The molecule has 28 heavy (non-hydrogen) atoms. The lowest BCUT2D eigenvalue weighted by atomic mass is 10.00. The Morgan fingerprint density at radius 2 is 1.96 bits per heavy atom. The van der Waals surface area contributed by atoms with E-state index in [0.717, 1.165) is 59.5 Å². The maximum Gasteiger partial charge on any atom is 0.232 e. The molecule has 5 nitrogen and oxygen atoms in total. The van der Waals surface area contributed by atoms with Gasteiger partial charge in [0.25, 0.3) is 0 Å². The molecule has 0 radical (unpaired) electrons. The van der Waals surface area contributed by atoms with Crippen LogP contribution in [0, 0.1) is 0 Å². The molecule has 0 aliphatic rings. The molecule has 0 aliphatic carbocycles. The Balaban J connectivity index is 2.07. The summed E-state index contributed by atoms with van der Waals surface area (Å²) in [6.45, 7) is 5.10. The van der Waals surface area contributed by atoms with Gasteiger partial charge in [-0.15, -0.1) is 0 Å². The summed E-state index contributed by atoms with van der Waals surface area (Å²) in [5.74, 6) is 1.58. The Labute approximate surface area is 165 Å². The van der Waals surface area contributed by atoms with Crippen LogP contribution in [0.15, 0.2) is 59.3 Å². The molecule has 0 amide bonds. The summed E-state index contributed by atoms with van der Waals surface area (Å²) in [5, 5.41) is 13.3. The van der Waals surface area contributed by atoms with E-state index in [1.165, 1.54) is 6.33 Å². The van der Waals surface area contributed by atoms with Crippen molar-refractivity contribution in [3.63, 3.8) is 0 Å². The van der Waals surface area contributed by atoms with E-state index in [4.69, 9.17) is 9.52 Å². The van der Waals surface area contributed by atoms with Crippen LogP contribution < -0.4 is 5.32 Å². The summed E-state index contributed by atoms with van der Waals surface area (Å²) in [7, 11) is 0. The number of nitrogens with zero attached hydrogens (tertiary/aromatic N) is 2. The Morgan fingerprint density at radius 3 is 2.71 bits per heavy atom. The molecule has 1 aromatic carbocycles. The quantitative estimate of drug-likeness (QED) is 0.383. The van der Waals surface area contributed by atoms with Crippen molar-refractivity contribution >= 4 is 22.5 Å². The molecule has 5 heteroatoms. The maximum atomic E-state index is 8.94. The number of unbranched alkanes of at least 4 members (excludes halogenated alkanes) is 2. The van der Waals surface area contributed by atoms with Crippen molar-refractivity contribution in [2.45, 2.75) is 33.1 Å². The second kappa shape index (κ2) is 9.85. The lowest BCUT2D eigenvalue weighted by Crippen LogP contribution is -2.04. The first kappa shape index (κ1) is 19.8. The summed E-state index contributed by atoms with van der Waals surface area (Å²) in [6, 6.07) is 10.1. The Hall–Kier alpha value is -2.92. The van der Waals surface area contributed by atoms with Gasteiger partial charge in [-0.05, 0) is 38.7 Å². The highest BCUT2D eigenvalue weighted by Gasteiger charge is 2.21. The summed E-state index contributed by atoms with van der Waals surface area (Å²) in [5.41, 5.74) is 3.69. The van der Waals surface area contributed by atoms with Crippen LogP contribution in [-0.4, -0.2) is 28.2 Å². The fourth-order valence-electron chi connectivity index (χ4n) is 3.18. The lowest BCUT2D eigenvalue weighted by Gasteiger charge is -2.08. The molecule has 0 saturated heterocycles. The number of rotatable bonds is 9. The third-order valence-electron chi connectivity index (χ3n) is 4.58. The van der Waals surface area contributed by atoms with Crippen molar-refractivity contribution in [3.8, 4) is 11.3 Å². The summed E-state index contributed by atoms with van der Waals surface area (Å²) >= 11 is 0. The zero-order chi connectivity index (χ0) is 19.8. The maximum absolute atomic E-state index is 8.94. The Bertz CT molecular complexity index is 959. The molecule has 0 bridgehead atoms. The number of aliphatic hydroxyl groups is 1. The van der Waals surface area contributed by atoms with Crippen LogP contribution in [0.3, 0.4) is 0 Å². The van der Waals surface area contributed by atoms with Crippen molar-refractivity contribution in [1.82, 2.24) is 9.97 Å². The highest BCUT2D eigenvalue weighted by Crippen LogP contribution is 2.39. The summed E-state index contributed by atoms with van der Waals surface area (Å²) < 4.78 is 6.18. The van der Waals surface area contributed by atoms with Crippen molar-refractivity contribution in [3.05, 3.63) is 60.5 Å². The number of aliphatic hydroxyl groups excluding tert-OH is 1. The highest BCUT2D eigenvalue weighted by atomic mass is 16.3.